The molecule has 0 unspecified atom stereocenters. The van der Waals surface area contributed by atoms with E-state index in [-0.39, 0.29) is 0 Å². The van der Waals surface area contributed by atoms with Gasteiger partial charge < -0.3 is 9.72 Å². The molecule has 1 aromatic carbocycles. The highest BCUT2D eigenvalue weighted by molar-refractivity contribution is 5.96. The number of H-pyrrole nitrogens is 1. The van der Waals surface area contributed by atoms with Gasteiger partial charge in [0.2, 0.25) is 0 Å². The van der Waals surface area contributed by atoms with Crippen LogP contribution in [0.1, 0.15) is 52.5 Å². The fourth-order valence-electron chi connectivity index (χ4n) is 3.86. The molecule has 0 radical (unpaired) electrons. The van der Waals surface area contributed by atoms with Crippen LogP contribution in [0.4, 0.5) is 10.5 Å². The van der Waals surface area contributed by atoms with Crippen molar-refractivity contribution in [3.63, 3.8) is 0 Å². The van der Waals surface area contributed by atoms with Crippen molar-refractivity contribution >= 4 is 28.3 Å². The fraction of sp³-hybridized carbons (Fsp3) is 0.480. The molecule has 0 atom stereocenters. The van der Waals surface area contributed by atoms with Crippen LogP contribution in [0.5, 0.6) is 0 Å². The van der Waals surface area contributed by atoms with E-state index in [1.807, 2.05) is 30.4 Å². The van der Waals surface area contributed by atoms with Gasteiger partial charge in [-0.05, 0) is 42.0 Å². The van der Waals surface area contributed by atoms with Gasteiger partial charge in [0.1, 0.15) is 6.61 Å². The van der Waals surface area contributed by atoms with Gasteiger partial charge in [-0.3, -0.25) is 10.2 Å². The lowest BCUT2D eigenvalue weighted by Gasteiger charge is -2.32. The number of carbonyl (C=O) groups is 1. The Labute approximate surface area is 180 Å². The Bertz CT molecular complexity index is 918. The number of hydrogen-bond donors (Lipinski definition) is 2. The summed E-state index contributed by atoms with van der Waals surface area (Å²) in [7, 11) is 0. The second-order valence-electron chi connectivity index (χ2n) is 9.22. The molecule has 3 rings (SSSR count). The number of unbranched alkanes of at least 4 members (excludes halogenated alkanes) is 1. The number of amides is 1. The van der Waals surface area contributed by atoms with Crippen molar-refractivity contribution < 1.29 is 9.53 Å². The number of anilines is 1. The minimum Gasteiger partial charge on any atom is -0.445 e. The largest absolute Gasteiger partial charge is 0.445 e. The van der Waals surface area contributed by atoms with E-state index in [1.165, 1.54) is 11.1 Å². The maximum absolute atomic E-state index is 12.1. The minimum atomic E-state index is -0.428. The Hall–Kier alpha value is -2.53. The van der Waals surface area contributed by atoms with Crippen molar-refractivity contribution in [2.45, 2.75) is 47.0 Å². The van der Waals surface area contributed by atoms with Crippen LogP contribution in [-0.4, -0.2) is 42.2 Å². The number of benzene rings is 1. The van der Waals surface area contributed by atoms with Crippen LogP contribution < -0.4 is 5.32 Å². The highest BCUT2D eigenvalue weighted by Crippen LogP contribution is 2.31. The first-order chi connectivity index (χ1) is 14.4. The predicted molar refractivity (Wildman–Crippen MR) is 126 cm³/mol. The molecule has 5 nitrogen and oxygen atoms in total. The number of nitrogens with one attached hydrogen (secondary N) is 2. The fourth-order valence-corrected chi connectivity index (χ4v) is 3.86. The Morgan fingerprint density at radius 2 is 2.13 bits per heavy atom. The number of aromatic amines is 1. The van der Waals surface area contributed by atoms with Gasteiger partial charge in [-0.25, -0.2) is 4.79 Å². The van der Waals surface area contributed by atoms with Crippen molar-refractivity contribution in [3.8, 4) is 0 Å². The predicted octanol–water partition coefficient (Wildman–Crippen LogP) is 6.21. The van der Waals surface area contributed by atoms with Crippen LogP contribution in [0.25, 0.3) is 16.5 Å². The minimum absolute atomic E-state index is 0.293. The molecular formula is C25H35N3O2. The van der Waals surface area contributed by atoms with Crippen molar-refractivity contribution in [1.29, 1.82) is 0 Å². The van der Waals surface area contributed by atoms with E-state index < -0.39 is 6.09 Å². The SMILES string of the molecule is CCC/C=C/COC(=O)Nc1ccc2[nH]cc(C3=CCN(CC(C)(C)C)CC3)c2c1. The lowest BCUT2D eigenvalue weighted by atomic mass is 9.93. The number of ether oxygens (including phenoxy) is 1. The van der Waals surface area contributed by atoms with E-state index in [2.05, 4.69) is 55.2 Å². The second kappa shape index (κ2) is 9.98. The standard InChI is InChI=1S/C25H35N3O2/c1-5-6-7-8-15-30-24(29)27-20-9-10-23-21(16-20)22(17-26-23)19-11-13-28(14-12-19)18-25(2,3)4/h7-11,16-17,26H,5-6,12-15,18H2,1-4H3,(H,27,29)/b8-7+. The molecule has 0 bridgehead atoms. The summed E-state index contributed by atoms with van der Waals surface area (Å²) < 4.78 is 5.22. The highest BCUT2D eigenvalue weighted by Gasteiger charge is 2.20. The van der Waals surface area contributed by atoms with Gasteiger partial charge >= 0.3 is 6.09 Å². The molecule has 2 heterocycles. The lowest BCUT2D eigenvalue weighted by Crippen LogP contribution is -2.35. The average Bonchev–Trinajstić information content (AvgIpc) is 3.10. The van der Waals surface area contributed by atoms with Crippen LogP contribution in [0.2, 0.25) is 0 Å². The molecule has 30 heavy (non-hydrogen) atoms. The number of rotatable bonds is 7. The van der Waals surface area contributed by atoms with Gasteiger partial charge in [0.25, 0.3) is 0 Å². The molecule has 1 aliphatic rings. The molecular weight excluding hydrogens is 374 g/mol. The van der Waals surface area contributed by atoms with E-state index in [0.717, 1.165) is 55.5 Å². The van der Waals surface area contributed by atoms with E-state index in [0.29, 0.717) is 12.0 Å². The van der Waals surface area contributed by atoms with Gasteiger partial charge in [-0.1, -0.05) is 52.3 Å². The Morgan fingerprint density at radius 3 is 2.83 bits per heavy atom. The summed E-state index contributed by atoms with van der Waals surface area (Å²) in [5.74, 6) is 0. The molecule has 162 valence electrons. The molecule has 2 N–H and O–H groups in total. The molecule has 5 heteroatoms. The zero-order valence-electron chi connectivity index (χ0n) is 18.8. The van der Waals surface area contributed by atoms with Crippen LogP contribution in [-0.2, 0) is 4.74 Å². The molecule has 0 fully saturated rings. The molecule has 0 saturated carbocycles. The first-order valence-electron chi connectivity index (χ1n) is 11.0. The normalized spacial score (nSPS) is 15.5. The third-order valence-corrected chi connectivity index (χ3v) is 5.20. The summed E-state index contributed by atoms with van der Waals surface area (Å²) in [6.45, 7) is 12.4. The zero-order chi connectivity index (χ0) is 21.6. The van der Waals surface area contributed by atoms with Crippen LogP contribution >= 0.6 is 0 Å². The smallest absolute Gasteiger partial charge is 0.411 e. The molecule has 1 aliphatic heterocycles. The molecule has 2 aromatic rings. The Kier molecular flexibility index (Phi) is 7.38. The first kappa shape index (κ1) is 22.2. The summed E-state index contributed by atoms with van der Waals surface area (Å²) in [6, 6.07) is 5.93. The summed E-state index contributed by atoms with van der Waals surface area (Å²) in [4.78, 5) is 17.9. The molecule has 0 aliphatic carbocycles. The van der Waals surface area contributed by atoms with Gasteiger partial charge in [0, 0.05) is 48.0 Å². The number of allylic oxidation sites excluding steroid dienone is 1. The van der Waals surface area contributed by atoms with Gasteiger partial charge in [-0.2, -0.15) is 0 Å². The zero-order valence-corrected chi connectivity index (χ0v) is 18.8. The molecule has 0 saturated heterocycles. The van der Waals surface area contributed by atoms with Gasteiger partial charge in [-0.15, -0.1) is 0 Å². The first-order valence-corrected chi connectivity index (χ1v) is 11.0. The van der Waals surface area contributed by atoms with Gasteiger partial charge in [0.15, 0.2) is 0 Å². The molecule has 0 spiro atoms. The van der Waals surface area contributed by atoms with Gasteiger partial charge in [0.05, 0.1) is 0 Å². The molecule has 1 aromatic heterocycles. The highest BCUT2D eigenvalue weighted by atomic mass is 16.5. The van der Waals surface area contributed by atoms with E-state index in [9.17, 15) is 4.79 Å². The number of fused-ring (bicyclic) bond motifs is 1. The van der Waals surface area contributed by atoms with Crippen LogP contribution in [0, 0.1) is 5.41 Å². The number of nitrogens with zero attached hydrogens (tertiary/aromatic N) is 1. The Morgan fingerprint density at radius 1 is 1.30 bits per heavy atom. The number of hydrogen-bond acceptors (Lipinski definition) is 3. The van der Waals surface area contributed by atoms with Crippen LogP contribution in [0.15, 0.2) is 42.6 Å². The third kappa shape index (κ3) is 6.23. The quantitative estimate of drug-likeness (QED) is 0.535. The second-order valence-corrected chi connectivity index (χ2v) is 9.22. The van der Waals surface area contributed by atoms with Crippen LogP contribution in [0.3, 0.4) is 0 Å². The maximum Gasteiger partial charge on any atom is 0.411 e. The lowest BCUT2D eigenvalue weighted by molar-refractivity contribution is 0.174. The summed E-state index contributed by atoms with van der Waals surface area (Å²) in [5.41, 5.74) is 4.72. The van der Waals surface area contributed by atoms with Crippen molar-refractivity contribution in [2.75, 3.05) is 31.6 Å². The Balaban J connectivity index is 1.66. The topological polar surface area (TPSA) is 57.4 Å². The van der Waals surface area contributed by atoms with Crippen molar-refractivity contribution in [3.05, 3.63) is 48.2 Å². The van der Waals surface area contributed by atoms with Crippen molar-refractivity contribution in [1.82, 2.24) is 9.88 Å². The summed E-state index contributed by atoms with van der Waals surface area (Å²) in [5, 5.41) is 3.97. The van der Waals surface area contributed by atoms with E-state index >= 15 is 0 Å². The van der Waals surface area contributed by atoms with E-state index in [4.69, 9.17) is 4.74 Å². The third-order valence-electron chi connectivity index (χ3n) is 5.20. The number of carbonyl (C=O) groups excluding carboxylic acids is 1. The summed E-state index contributed by atoms with van der Waals surface area (Å²) in [6.07, 6.45) is 11.0. The maximum atomic E-state index is 12.1. The van der Waals surface area contributed by atoms with E-state index in [1.54, 1.807) is 0 Å². The average molecular weight is 410 g/mol. The molecule has 1 amide bonds. The summed E-state index contributed by atoms with van der Waals surface area (Å²) >= 11 is 0. The monoisotopic (exact) mass is 409 g/mol. The van der Waals surface area contributed by atoms with Crippen molar-refractivity contribution in [2.24, 2.45) is 5.41 Å². The number of aromatic nitrogens is 1.